The van der Waals surface area contributed by atoms with Crippen LogP contribution < -0.4 is 10.6 Å². The number of carbonyl (C=O) groups excluding carboxylic acids is 1. The predicted molar refractivity (Wildman–Crippen MR) is 116 cm³/mol. The standard InChI is InChI=1S/C22H36FN5O/c1-22(2,3)26-20(29)16-27(5)21(24-4)25-14-17-10-12-28(13-11-17)15-18-8-6-7-9-19(18)23/h6-9,17H,10-16H2,1-5H3,(H,24,25)(H,26,29). The van der Waals surface area contributed by atoms with Crippen molar-refractivity contribution in [2.45, 2.75) is 45.7 Å². The fourth-order valence-corrected chi connectivity index (χ4v) is 3.58. The van der Waals surface area contributed by atoms with Crippen molar-refractivity contribution in [1.29, 1.82) is 0 Å². The Labute approximate surface area is 174 Å². The third-order valence-corrected chi connectivity index (χ3v) is 5.08. The van der Waals surface area contributed by atoms with E-state index in [9.17, 15) is 9.18 Å². The van der Waals surface area contributed by atoms with Crippen LogP contribution in [0.5, 0.6) is 0 Å². The number of hydrogen-bond acceptors (Lipinski definition) is 3. The van der Waals surface area contributed by atoms with Crippen LogP contribution in [0.1, 0.15) is 39.2 Å². The number of likely N-dealkylation sites (tertiary alicyclic amines) is 1. The fourth-order valence-electron chi connectivity index (χ4n) is 3.58. The van der Waals surface area contributed by atoms with Gasteiger partial charge in [-0.1, -0.05) is 18.2 Å². The smallest absolute Gasteiger partial charge is 0.240 e. The molecule has 2 rings (SSSR count). The largest absolute Gasteiger partial charge is 0.356 e. The van der Waals surface area contributed by atoms with E-state index in [0.717, 1.165) is 44.0 Å². The summed E-state index contributed by atoms with van der Waals surface area (Å²) in [5.74, 6) is 1.12. The van der Waals surface area contributed by atoms with Gasteiger partial charge >= 0.3 is 0 Å². The molecule has 0 atom stereocenters. The molecular weight excluding hydrogens is 369 g/mol. The highest BCUT2D eigenvalue weighted by atomic mass is 19.1. The van der Waals surface area contributed by atoms with Crippen LogP contribution in [0.4, 0.5) is 4.39 Å². The molecule has 0 radical (unpaired) electrons. The van der Waals surface area contributed by atoms with Crippen LogP contribution in [0.15, 0.2) is 29.3 Å². The maximum Gasteiger partial charge on any atom is 0.240 e. The minimum atomic E-state index is -0.245. The van der Waals surface area contributed by atoms with E-state index in [1.54, 1.807) is 13.1 Å². The molecule has 0 spiro atoms. The molecule has 1 aromatic carbocycles. The van der Waals surface area contributed by atoms with Crippen LogP contribution in [0, 0.1) is 11.7 Å². The summed E-state index contributed by atoms with van der Waals surface area (Å²) in [5, 5.41) is 6.37. The van der Waals surface area contributed by atoms with Crippen LogP contribution in [0.2, 0.25) is 0 Å². The maximum atomic E-state index is 13.8. The van der Waals surface area contributed by atoms with Crippen molar-refractivity contribution in [1.82, 2.24) is 20.4 Å². The van der Waals surface area contributed by atoms with Gasteiger partial charge in [0.25, 0.3) is 0 Å². The van der Waals surface area contributed by atoms with Gasteiger partial charge in [-0.2, -0.15) is 0 Å². The molecule has 6 nitrogen and oxygen atoms in total. The molecule has 0 unspecified atom stereocenters. The van der Waals surface area contributed by atoms with E-state index in [4.69, 9.17) is 0 Å². The zero-order valence-electron chi connectivity index (χ0n) is 18.5. The first-order chi connectivity index (χ1) is 13.7. The number of aliphatic imine (C=N–C) groups is 1. The second kappa shape index (κ2) is 10.6. The Balaban J connectivity index is 1.74. The average molecular weight is 406 g/mol. The summed E-state index contributed by atoms with van der Waals surface area (Å²) < 4.78 is 13.8. The van der Waals surface area contributed by atoms with Crippen LogP contribution >= 0.6 is 0 Å². The van der Waals surface area contributed by atoms with Gasteiger partial charge in [0.05, 0.1) is 6.54 Å². The number of hydrogen-bond donors (Lipinski definition) is 2. The Morgan fingerprint density at radius 3 is 2.52 bits per heavy atom. The molecule has 0 saturated carbocycles. The topological polar surface area (TPSA) is 60.0 Å². The molecule has 29 heavy (non-hydrogen) atoms. The fraction of sp³-hybridized carbons (Fsp3) is 0.636. The Morgan fingerprint density at radius 1 is 1.28 bits per heavy atom. The van der Waals surface area contributed by atoms with Crippen LogP contribution in [-0.4, -0.2) is 67.5 Å². The summed E-state index contributed by atoms with van der Waals surface area (Å²) in [6, 6.07) is 7.00. The molecule has 0 aromatic heterocycles. The maximum absolute atomic E-state index is 13.8. The zero-order valence-corrected chi connectivity index (χ0v) is 18.5. The van der Waals surface area contributed by atoms with Gasteiger partial charge in [0, 0.05) is 38.3 Å². The lowest BCUT2D eigenvalue weighted by Crippen LogP contribution is -2.49. The molecule has 1 aliphatic heterocycles. The number of piperidine rings is 1. The van der Waals surface area contributed by atoms with E-state index in [-0.39, 0.29) is 23.8 Å². The monoisotopic (exact) mass is 405 g/mol. The van der Waals surface area contributed by atoms with Crippen molar-refractivity contribution in [3.8, 4) is 0 Å². The van der Waals surface area contributed by atoms with E-state index in [0.29, 0.717) is 12.5 Å². The molecule has 1 aliphatic rings. The Bertz CT molecular complexity index is 693. The summed E-state index contributed by atoms with van der Waals surface area (Å²) in [7, 11) is 3.60. The van der Waals surface area contributed by atoms with Crippen LogP contribution in [0.25, 0.3) is 0 Å². The van der Waals surface area contributed by atoms with E-state index in [2.05, 4.69) is 20.5 Å². The van der Waals surface area contributed by atoms with Crippen molar-refractivity contribution in [2.24, 2.45) is 10.9 Å². The normalized spacial score (nSPS) is 16.6. The van der Waals surface area contributed by atoms with Gasteiger partial charge in [0.1, 0.15) is 5.82 Å². The van der Waals surface area contributed by atoms with Gasteiger partial charge in [0.2, 0.25) is 5.91 Å². The number of benzene rings is 1. The van der Waals surface area contributed by atoms with E-state index in [1.165, 1.54) is 6.07 Å². The predicted octanol–water partition coefficient (Wildman–Crippen LogP) is 2.46. The highest BCUT2D eigenvalue weighted by Crippen LogP contribution is 2.19. The molecule has 1 heterocycles. The second-order valence-electron chi connectivity index (χ2n) is 8.89. The molecule has 2 N–H and O–H groups in total. The van der Waals surface area contributed by atoms with E-state index in [1.807, 2.05) is 44.9 Å². The summed E-state index contributed by atoms with van der Waals surface area (Å²) in [6.45, 7) is 9.58. The van der Waals surface area contributed by atoms with Crippen molar-refractivity contribution >= 4 is 11.9 Å². The lowest BCUT2D eigenvalue weighted by Gasteiger charge is -2.33. The zero-order chi connectivity index (χ0) is 21.4. The number of likely N-dealkylation sites (N-methyl/N-ethyl adjacent to an activating group) is 1. The molecule has 0 aliphatic carbocycles. The molecule has 162 valence electrons. The van der Waals surface area contributed by atoms with E-state index >= 15 is 0 Å². The Morgan fingerprint density at radius 2 is 1.93 bits per heavy atom. The number of guanidine groups is 1. The number of amides is 1. The van der Waals surface area contributed by atoms with Crippen molar-refractivity contribution in [2.75, 3.05) is 40.3 Å². The van der Waals surface area contributed by atoms with Crippen molar-refractivity contribution in [3.05, 3.63) is 35.6 Å². The second-order valence-corrected chi connectivity index (χ2v) is 8.89. The van der Waals surface area contributed by atoms with Crippen LogP contribution in [-0.2, 0) is 11.3 Å². The number of nitrogens with zero attached hydrogens (tertiary/aromatic N) is 3. The van der Waals surface area contributed by atoms with Crippen molar-refractivity contribution < 1.29 is 9.18 Å². The minimum Gasteiger partial charge on any atom is -0.356 e. The van der Waals surface area contributed by atoms with Gasteiger partial charge in [-0.05, 0) is 58.7 Å². The summed E-state index contributed by atoms with van der Waals surface area (Å²) >= 11 is 0. The summed E-state index contributed by atoms with van der Waals surface area (Å²) in [4.78, 5) is 20.6. The highest BCUT2D eigenvalue weighted by molar-refractivity contribution is 5.86. The molecule has 1 saturated heterocycles. The molecule has 7 heteroatoms. The van der Waals surface area contributed by atoms with Crippen LogP contribution in [0.3, 0.4) is 0 Å². The average Bonchev–Trinajstić information content (AvgIpc) is 2.63. The lowest BCUT2D eigenvalue weighted by molar-refractivity contribution is -0.122. The highest BCUT2D eigenvalue weighted by Gasteiger charge is 2.21. The number of halogens is 1. The third kappa shape index (κ3) is 8.01. The van der Waals surface area contributed by atoms with E-state index < -0.39 is 0 Å². The summed E-state index contributed by atoms with van der Waals surface area (Å²) in [6.07, 6.45) is 2.12. The number of nitrogens with one attached hydrogen (secondary N) is 2. The molecular formula is C22H36FN5O. The molecule has 1 aromatic rings. The van der Waals surface area contributed by atoms with Gasteiger partial charge in [-0.25, -0.2) is 4.39 Å². The van der Waals surface area contributed by atoms with Crippen molar-refractivity contribution in [3.63, 3.8) is 0 Å². The first-order valence-corrected chi connectivity index (χ1v) is 10.4. The summed E-state index contributed by atoms with van der Waals surface area (Å²) in [5.41, 5.74) is 0.519. The number of rotatable bonds is 6. The quantitative estimate of drug-likeness (QED) is 0.564. The van der Waals surface area contributed by atoms with Gasteiger partial charge in [0.15, 0.2) is 5.96 Å². The lowest BCUT2D eigenvalue weighted by atomic mass is 9.96. The van der Waals surface area contributed by atoms with Gasteiger partial charge in [-0.15, -0.1) is 0 Å². The first kappa shape index (κ1) is 23.1. The Hall–Kier alpha value is -2.15. The number of carbonyl (C=O) groups is 1. The third-order valence-electron chi connectivity index (χ3n) is 5.08. The SMILES string of the molecule is CN=C(NCC1CCN(Cc2ccccc2F)CC1)N(C)CC(=O)NC(C)(C)C. The molecule has 0 bridgehead atoms. The molecule has 1 fully saturated rings. The minimum absolute atomic E-state index is 0.0237. The first-order valence-electron chi connectivity index (χ1n) is 10.4. The Kier molecular flexibility index (Phi) is 8.44. The van der Waals surface area contributed by atoms with Gasteiger partial charge < -0.3 is 15.5 Å². The van der Waals surface area contributed by atoms with Gasteiger partial charge in [-0.3, -0.25) is 14.7 Å². The molecule has 1 amide bonds.